The molecule has 1 aliphatic carbocycles. The summed E-state index contributed by atoms with van der Waals surface area (Å²) in [6.07, 6.45) is 5.87. The summed E-state index contributed by atoms with van der Waals surface area (Å²) < 4.78 is 5.72. The first kappa shape index (κ1) is 20.8. The van der Waals surface area contributed by atoms with Gasteiger partial charge in [-0.25, -0.2) is 0 Å². The van der Waals surface area contributed by atoms with Gasteiger partial charge in [-0.05, 0) is 68.8 Å². The number of hydrogen-bond acceptors (Lipinski definition) is 3. The van der Waals surface area contributed by atoms with Crippen molar-refractivity contribution < 1.29 is 9.53 Å². The minimum atomic E-state index is 0. The highest BCUT2D eigenvalue weighted by Crippen LogP contribution is 2.23. The van der Waals surface area contributed by atoms with Gasteiger partial charge in [-0.2, -0.15) is 0 Å². The number of halogens is 1. The van der Waals surface area contributed by atoms with E-state index in [4.69, 9.17) is 10.5 Å². The van der Waals surface area contributed by atoms with Crippen LogP contribution in [0.3, 0.4) is 0 Å². The number of ether oxygens (including phenoxy) is 1. The molecule has 1 aromatic rings. The topological polar surface area (TPSA) is 64.3 Å². The van der Waals surface area contributed by atoms with Crippen LogP contribution in [0.15, 0.2) is 18.2 Å². The number of carbonyl (C=O) groups excluding carboxylic acids is 1. The van der Waals surface area contributed by atoms with Crippen molar-refractivity contribution in [3.05, 3.63) is 29.3 Å². The summed E-state index contributed by atoms with van der Waals surface area (Å²) in [6.45, 7) is 5.40. The van der Waals surface area contributed by atoms with Crippen LogP contribution in [0.2, 0.25) is 0 Å². The van der Waals surface area contributed by atoms with Gasteiger partial charge in [-0.1, -0.05) is 18.9 Å². The van der Waals surface area contributed by atoms with Gasteiger partial charge in [0.15, 0.2) is 0 Å². The van der Waals surface area contributed by atoms with Gasteiger partial charge in [0, 0.05) is 12.5 Å². The summed E-state index contributed by atoms with van der Waals surface area (Å²) in [5.41, 5.74) is 8.30. The minimum Gasteiger partial charge on any atom is -0.494 e. The fourth-order valence-corrected chi connectivity index (χ4v) is 3.19. The Balaban J connectivity index is 0.00000288. The molecule has 2 rings (SSSR count). The first-order valence-corrected chi connectivity index (χ1v) is 8.79. The third-order valence-electron chi connectivity index (χ3n) is 4.85. The molecule has 24 heavy (non-hydrogen) atoms. The Hall–Kier alpha value is -1.26. The second kappa shape index (κ2) is 10.6. The molecule has 1 aromatic carbocycles. The lowest BCUT2D eigenvalue weighted by Crippen LogP contribution is -2.44. The molecule has 1 aliphatic rings. The van der Waals surface area contributed by atoms with Crippen LogP contribution >= 0.6 is 12.4 Å². The van der Waals surface area contributed by atoms with Crippen molar-refractivity contribution in [2.24, 2.45) is 11.7 Å². The van der Waals surface area contributed by atoms with Gasteiger partial charge in [-0.15, -0.1) is 12.4 Å². The number of carbonyl (C=O) groups is 1. The van der Waals surface area contributed by atoms with Crippen molar-refractivity contribution in [1.82, 2.24) is 5.32 Å². The smallest absolute Gasteiger partial charge is 0.220 e. The maximum atomic E-state index is 12.1. The van der Waals surface area contributed by atoms with E-state index in [-0.39, 0.29) is 24.4 Å². The number of aryl methyl sites for hydroxylation is 2. The molecule has 2 atom stereocenters. The Kier molecular flexibility index (Phi) is 9.16. The first-order chi connectivity index (χ1) is 11.1. The van der Waals surface area contributed by atoms with Crippen LogP contribution in [0.25, 0.3) is 0 Å². The van der Waals surface area contributed by atoms with Crippen LogP contribution in [-0.4, -0.2) is 25.1 Å². The normalized spacial score (nSPS) is 20.1. The van der Waals surface area contributed by atoms with Crippen molar-refractivity contribution in [2.45, 2.75) is 58.4 Å². The molecule has 0 spiro atoms. The molecule has 4 nitrogen and oxygen atoms in total. The fourth-order valence-electron chi connectivity index (χ4n) is 3.19. The van der Waals surface area contributed by atoms with Crippen molar-refractivity contribution in [3.8, 4) is 5.75 Å². The molecule has 2 unspecified atom stereocenters. The van der Waals surface area contributed by atoms with Crippen LogP contribution in [0, 0.1) is 19.8 Å². The summed E-state index contributed by atoms with van der Waals surface area (Å²) in [5.74, 6) is 1.45. The third-order valence-corrected chi connectivity index (χ3v) is 4.85. The molecule has 1 amide bonds. The van der Waals surface area contributed by atoms with E-state index in [9.17, 15) is 4.79 Å². The lowest BCUT2D eigenvalue weighted by molar-refractivity contribution is -0.122. The van der Waals surface area contributed by atoms with Crippen molar-refractivity contribution in [3.63, 3.8) is 0 Å². The first-order valence-electron chi connectivity index (χ1n) is 8.79. The van der Waals surface area contributed by atoms with Gasteiger partial charge in [-0.3, -0.25) is 4.79 Å². The molecular weight excluding hydrogens is 324 g/mol. The van der Waals surface area contributed by atoms with Crippen LogP contribution in [-0.2, 0) is 4.79 Å². The third kappa shape index (κ3) is 6.33. The molecule has 136 valence electrons. The zero-order valence-electron chi connectivity index (χ0n) is 14.8. The predicted octanol–water partition coefficient (Wildman–Crippen LogP) is 3.52. The second-order valence-electron chi connectivity index (χ2n) is 6.65. The SMILES string of the molecule is Cc1ccc(OCCCC(=O)NC2CCCCC2CN)cc1C.Cl. The van der Waals surface area contributed by atoms with Crippen LogP contribution in [0.4, 0.5) is 0 Å². The highest BCUT2D eigenvalue weighted by molar-refractivity contribution is 5.85. The Morgan fingerprint density at radius 1 is 1.25 bits per heavy atom. The summed E-state index contributed by atoms with van der Waals surface area (Å²) in [5, 5.41) is 3.16. The number of benzene rings is 1. The molecular formula is C19H31ClN2O2. The summed E-state index contributed by atoms with van der Waals surface area (Å²) in [7, 11) is 0. The average Bonchev–Trinajstić information content (AvgIpc) is 2.55. The summed E-state index contributed by atoms with van der Waals surface area (Å²) in [4.78, 5) is 12.1. The van der Waals surface area contributed by atoms with E-state index in [0.717, 1.165) is 25.0 Å². The molecule has 1 fully saturated rings. The van der Waals surface area contributed by atoms with Crippen molar-refractivity contribution >= 4 is 18.3 Å². The zero-order chi connectivity index (χ0) is 16.7. The summed E-state index contributed by atoms with van der Waals surface area (Å²) in [6, 6.07) is 6.36. The number of amides is 1. The molecule has 0 aliphatic heterocycles. The number of nitrogens with two attached hydrogens (primary N) is 1. The van der Waals surface area contributed by atoms with Crippen LogP contribution in [0.1, 0.15) is 49.7 Å². The molecule has 0 heterocycles. The fraction of sp³-hybridized carbons (Fsp3) is 0.632. The molecule has 1 saturated carbocycles. The highest BCUT2D eigenvalue weighted by atomic mass is 35.5. The van der Waals surface area contributed by atoms with Gasteiger partial charge in [0.2, 0.25) is 5.91 Å². The van der Waals surface area contributed by atoms with Crippen LogP contribution in [0.5, 0.6) is 5.75 Å². The number of hydrogen-bond donors (Lipinski definition) is 2. The molecule has 0 aromatic heterocycles. The Labute approximate surface area is 151 Å². The Morgan fingerprint density at radius 2 is 2.00 bits per heavy atom. The number of rotatable bonds is 7. The van der Waals surface area contributed by atoms with E-state index in [0.29, 0.717) is 25.5 Å². The maximum absolute atomic E-state index is 12.1. The minimum absolute atomic E-state index is 0. The van der Waals surface area contributed by atoms with Gasteiger partial charge >= 0.3 is 0 Å². The van der Waals surface area contributed by atoms with Crippen molar-refractivity contribution in [2.75, 3.05) is 13.2 Å². The van der Waals surface area contributed by atoms with Crippen LogP contribution < -0.4 is 15.8 Å². The van der Waals surface area contributed by atoms with E-state index in [1.807, 2.05) is 12.1 Å². The standard InChI is InChI=1S/C19H30N2O2.ClH/c1-14-9-10-17(12-15(14)2)23-11-5-8-19(22)21-18-7-4-3-6-16(18)13-20;/h9-10,12,16,18H,3-8,11,13,20H2,1-2H3,(H,21,22);1H. The molecule has 5 heteroatoms. The van der Waals surface area contributed by atoms with Crippen molar-refractivity contribution in [1.29, 1.82) is 0 Å². The van der Waals surface area contributed by atoms with E-state index in [2.05, 4.69) is 25.2 Å². The molecule has 0 bridgehead atoms. The zero-order valence-corrected chi connectivity index (χ0v) is 15.7. The Bertz CT molecular complexity index is 522. The van der Waals surface area contributed by atoms with E-state index >= 15 is 0 Å². The highest BCUT2D eigenvalue weighted by Gasteiger charge is 2.24. The molecule has 3 N–H and O–H groups in total. The largest absolute Gasteiger partial charge is 0.494 e. The summed E-state index contributed by atoms with van der Waals surface area (Å²) >= 11 is 0. The number of nitrogens with one attached hydrogen (secondary N) is 1. The molecule has 0 radical (unpaired) electrons. The van der Waals surface area contributed by atoms with E-state index in [1.54, 1.807) is 0 Å². The average molecular weight is 355 g/mol. The van der Waals surface area contributed by atoms with Gasteiger partial charge in [0.05, 0.1) is 6.61 Å². The Morgan fingerprint density at radius 3 is 2.71 bits per heavy atom. The lowest BCUT2D eigenvalue weighted by Gasteiger charge is -2.31. The monoisotopic (exact) mass is 354 g/mol. The van der Waals surface area contributed by atoms with E-state index in [1.165, 1.54) is 24.0 Å². The van der Waals surface area contributed by atoms with Gasteiger partial charge < -0.3 is 15.8 Å². The van der Waals surface area contributed by atoms with E-state index < -0.39 is 0 Å². The maximum Gasteiger partial charge on any atom is 0.220 e. The quantitative estimate of drug-likeness (QED) is 0.736. The van der Waals surface area contributed by atoms with Gasteiger partial charge in [0.25, 0.3) is 0 Å². The second-order valence-corrected chi connectivity index (χ2v) is 6.65. The van der Waals surface area contributed by atoms with Gasteiger partial charge in [0.1, 0.15) is 5.75 Å². The molecule has 0 saturated heterocycles. The predicted molar refractivity (Wildman–Crippen MR) is 101 cm³/mol. The lowest BCUT2D eigenvalue weighted by atomic mass is 9.84.